The molecule has 0 aromatic carbocycles. The highest BCUT2D eigenvalue weighted by Gasteiger charge is 2.29. The molecule has 2 aliphatic rings. The molecule has 0 radical (unpaired) electrons. The van der Waals surface area contributed by atoms with Gasteiger partial charge in [-0.2, -0.15) is 0 Å². The number of nitrogens with one attached hydrogen (secondary N) is 1. The van der Waals surface area contributed by atoms with Crippen LogP contribution in [0.4, 0.5) is 0 Å². The molecule has 0 bridgehead atoms. The van der Waals surface area contributed by atoms with Gasteiger partial charge in [-0.25, -0.2) is 0 Å². The number of rotatable bonds is 2. The number of carbonyl (C=O) groups excluding carboxylic acids is 1. The maximum absolute atomic E-state index is 10.7. The van der Waals surface area contributed by atoms with Crippen molar-refractivity contribution in [3.63, 3.8) is 0 Å². The quantitative estimate of drug-likeness (QED) is 0.656. The average molecular weight is 181 g/mol. The van der Waals surface area contributed by atoms with Crippen LogP contribution in [0.3, 0.4) is 0 Å². The second-order valence-electron chi connectivity index (χ2n) is 4.59. The zero-order valence-corrected chi connectivity index (χ0v) is 8.17. The first-order valence-corrected chi connectivity index (χ1v) is 5.56. The third kappa shape index (κ3) is 2.11. The van der Waals surface area contributed by atoms with Crippen molar-refractivity contribution < 1.29 is 4.79 Å². The van der Waals surface area contributed by atoms with Crippen molar-refractivity contribution in [2.75, 3.05) is 13.1 Å². The van der Waals surface area contributed by atoms with E-state index in [4.69, 9.17) is 0 Å². The first-order valence-electron chi connectivity index (χ1n) is 5.56. The topological polar surface area (TPSA) is 29.1 Å². The molecule has 2 atom stereocenters. The lowest BCUT2D eigenvalue weighted by atomic mass is 9.81. The molecule has 2 heteroatoms. The lowest BCUT2D eigenvalue weighted by Gasteiger charge is -2.31. The van der Waals surface area contributed by atoms with Gasteiger partial charge in [0.2, 0.25) is 0 Å². The molecule has 0 amide bonds. The molecule has 2 rings (SSSR count). The number of aldehydes is 1. The molecule has 13 heavy (non-hydrogen) atoms. The summed E-state index contributed by atoms with van der Waals surface area (Å²) in [6.07, 6.45) is 7.89. The summed E-state index contributed by atoms with van der Waals surface area (Å²) in [6, 6.07) is 0. The third-order valence-corrected chi connectivity index (χ3v) is 3.68. The van der Waals surface area contributed by atoms with Crippen LogP contribution in [-0.2, 0) is 4.79 Å². The molecule has 0 aromatic heterocycles. The molecule has 1 N–H and O–H groups in total. The van der Waals surface area contributed by atoms with Crippen LogP contribution in [0.5, 0.6) is 0 Å². The van der Waals surface area contributed by atoms with Gasteiger partial charge < -0.3 is 10.1 Å². The number of carbonyl (C=O) groups is 1. The Labute approximate surface area is 80.1 Å². The van der Waals surface area contributed by atoms with E-state index in [2.05, 4.69) is 5.32 Å². The highest BCUT2D eigenvalue weighted by molar-refractivity contribution is 5.54. The van der Waals surface area contributed by atoms with Gasteiger partial charge in [0.25, 0.3) is 0 Å². The van der Waals surface area contributed by atoms with Crippen LogP contribution in [-0.4, -0.2) is 19.4 Å². The molecule has 74 valence electrons. The van der Waals surface area contributed by atoms with E-state index in [0.29, 0.717) is 5.92 Å². The monoisotopic (exact) mass is 181 g/mol. The molecule has 1 aliphatic carbocycles. The lowest BCUT2D eigenvalue weighted by Crippen LogP contribution is -2.39. The summed E-state index contributed by atoms with van der Waals surface area (Å²) in [5.74, 6) is 1.99. The van der Waals surface area contributed by atoms with Crippen LogP contribution in [0, 0.1) is 17.8 Å². The standard InChI is InChI=1S/C11H19NO/c13-8-9-5-11(7-12-6-9)10-3-1-2-4-10/h8-12H,1-7H2. The zero-order chi connectivity index (χ0) is 9.10. The Morgan fingerprint density at radius 3 is 2.54 bits per heavy atom. The summed E-state index contributed by atoms with van der Waals surface area (Å²) in [5, 5.41) is 3.38. The maximum Gasteiger partial charge on any atom is 0.124 e. The van der Waals surface area contributed by atoms with Gasteiger partial charge in [0.1, 0.15) is 6.29 Å². The van der Waals surface area contributed by atoms with E-state index < -0.39 is 0 Å². The fourth-order valence-electron chi connectivity index (χ4n) is 2.90. The summed E-state index contributed by atoms with van der Waals surface area (Å²) in [4.78, 5) is 10.7. The Morgan fingerprint density at radius 2 is 1.85 bits per heavy atom. The third-order valence-electron chi connectivity index (χ3n) is 3.68. The van der Waals surface area contributed by atoms with Crippen LogP contribution in [0.1, 0.15) is 32.1 Å². The summed E-state index contributed by atoms with van der Waals surface area (Å²) >= 11 is 0. The number of hydrogen-bond donors (Lipinski definition) is 1. The second kappa shape index (κ2) is 4.23. The molecule has 1 saturated carbocycles. The molecular weight excluding hydrogens is 162 g/mol. The van der Waals surface area contributed by atoms with Crippen molar-refractivity contribution in [2.45, 2.75) is 32.1 Å². The minimum Gasteiger partial charge on any atom is -0.316 e. The van der Waals surface area contributed by atoms with E-state index in [9.17, 15) is 4.79 Å². The number of hydrogen-bond acceptors (Lipinski definition) is 2. The lowest BCUT2D eigenvalue weighted by molar-refractivity contribution is -0.112. The van der Waals surface area contributed by atoms with Gasteiger partial charge in [-0.3, -0.25) is 0 Å². The predicted molar refractivity (Wildman–Crippen MR) is 52.5 cm³/mol. The van der Waals surface area contributed by atoms with Crippen molar-refractivity contribution in [3.8, 4) is 0 Å². The van der Waals surface area contributed by atoms with E-state index in [1.54, 1.807) is 0 Å². The molecule has 1 saturated heterocycles. The minimum atomic E-state index is 0.291. The van der Waals surface area contributed by atoms with Gasteiger partial charge in [0.15, 0.2) is 0 Å². The Kier molecular flexibility index (Phi) is 2.99. The predicted octanol–water partition coefficient (Wildman–Crippen LogP) is 1.60. The van der Waals surface area contributed by atoms with Gasteiger partial charge in [-0.05, 0) is 24.8 Å². The highest BCUT2D eigenvalue weighted by Crippen LogP contribution is 2.35. The van der Waals surface area contributed by atoms with Gasteiger partial charge >= 0.3 is 0 Å². The smallest absolute Gasteiger partial charge is 0.124 e. The second-order valence-corrected chi connectivity index (χ2v) is 4.59. The molecule has 0 spiro atoms. The molecule has 2 fully saturated rings. The van der Waals surface area contributed by atoms with E-state index >= 15 is 0 Å². The summed E-state index contributed by atoms with van der Waals surface area (Å²) in [7, 11) is 0. The SMILES string of the molecule is O=CC1CNCC(C2CCCC2)C1. The van der Waals surface area contributed by atoms with Crippen molar-refractivity contribution in [2.24, 2.45) is 17.8 Å². The van der Waals surface area contributed by atoms with E-state index in [1.807, 2.05) is 0 Å². The van der Waals surface area contributed by atoms with Crippen LogP contribution in [0.2, 0.25) is 0 Å². The van der Waals surface area contributed by atoms with Gasteiger partial charge in [-0.1, -0.05) is 25.7 Å². The van der Waals surface area contributed by atoms with Crippen molar-refractivity contribution in [1.82, 2.24) is 5.32 Å². The molecule has 2 nitrogen and oxygen atoms in total. The van der Waals surface area contributed by atoms with E-state index in [-0.39, 0.29) is 0 Å². The number of piperidine rings is 1. The van der Waals surface area contributed by atoms with Gasteiger partial charge in [0.05, 0.1) is 0 Å². The zero-order valence-electron chi connectivity index (χ0n) is 8.17. The first-order chi connectivity index (χ1) is 6.40. The first kappa shape index (κ1) is 9.20. The molecule has 1 heterocycles. The summed E-state index contributed by atoms with van der Waals surface area (Å²) in [5.41, 5.74) is 0. The van der Waals surface area contributed by atoms with Crippen molar-refractivity contribution >= 4 is 6.29 Å². The summed E-state index contributed by atoms with van der Waals surface area (Å²) in [6.45, 7) is 2.06. The van der Waals surface area contributed by atoms with Gasteiger partial charge in [0, 0.05) is 12.5 Å². The highest BCUT2D eigenvalue weighted by atomic mass is 16.1. The summed E-state index contributed by atoms with van der Waals surface area (Å²) < 4.78 is 0. The van der Waals surface area contributed by atoms with E-state index in [0.717, 1.165) is 37.6 Å². The average Bonchev–Trinajstić information content (AvgIpc) is 2.71. The van der Waals surface area contributed by atoms with Crippen LogP contribution in [0.15, 0.2) is 0 Å². The van der Waals surface area contributed by atoms with Gasteiger partial charge in [-0.15, -0.1) is 0 Å². The van der Waals surface area contributed by atoms with Crippen LogP contribution >= 0.6 is 0 Å². The van der Waals surface area contributed by atoms with Crippen molar-refractivity contribution in [3.05, 3.63) is 0 Å². The molecule has 2 unspecified atom stereocenters. The molecule has 0 aromatic rings. The van der Waals surface area contributed by atoms with E-state index in [1.165, 1.54) is 25.7 Å². The maximum atomic E-state index is 10.7. The minimum absolute atomic E-state index is 0.291. The molecule has 1 aliphatic heterocycles. The van der Waals surface area contributed by atoms with Crippen LogP contribution in [0.25, 0.3) is 0 Å². The Balaban J connectivity index is 1.87. The Bertz CT molecular complexity index is 175. The normalized spacial score (nSPS) is 36.3. The Morgan fingerprint density at radius 1 is 1.08 bits per heavy atom. The Hall–Kier alpha value is -0.370. The largest absolute Gasteiger partial charge is 0.316 e. The fraction of sp³-hybridized carbons (Fsp3) is 0.909. The van der Waals surface area contributed by atoms with Crippen molar-refractivity contribution in [1.29, 1.82) is 0 Å². The fourth-order valence-corrected chi connectivity index (χ4v) is 2.90. The van der Waals surface area contributed by atoms with Crippen LogP contribution < -0.4 is 5.32 Å². The molecular formula is C11H19NO.